The molecule has 0 unspecified atom stereocenters. The number of amides is 1. The SMILES string of the molecule is O=C(CCc1ccccc1)Nc1cccc(OCCc2ccccc2)c1. The van der Waals surface area contributed by atoms with E-state index in [0.29, 0.717) is 13.0 Å². The molecule has 0 fully saturated rings. The highest BCUT2D eigenvalue weighted by atomic mass is 16.5. The molecule has 0 aliphatic rings. The fourth-order valence-corrected chi connectivity index (χ4v) is 2.72. The summed E-state index contributed by atoms with van der Waals surface area (Å²) in [5.41, 5.74) is 3.18. The van der Waals surface area contributed by atoms with Crippen molar-refractivity contribution in [2.45, 2.75) is 19.3 Å². The van der Waals surface area contributed by atoms with E-state index in [2.05, 4.69) is 17.4 Å². The summed E-state index contributed by atoms with van der Waals surface area (Å²) in [5, 5.41) is 2.94. The van der Waals surface area contributed by atoms with Crippen LogP contribution < -0.4 is 10.1 Å². The Bertz CT molecular complexity index is 816. The summed E-state index contributed by atoms with van der Waals surface area (Å²) in [6.07, 6.45) is 2.05. The lowest BCUT2D eigenvalue weighted by Gasteiger charge is -2.09. The Labute approximate surface area is 154 Å². The second kappa shape index (κ2) is 9.42. The van der Waals surface area contributed by atoms with Crippen molar-refractivity contribution in [3.8, 4) is 5.75 Å². The molecule has 0 radical (unpaired) electrons. The van der Waals surface area contributed by atoms with Crippen LogP contribution in [0.4, 0.5) is 5.69 Å². The van der Waals surface area contributed by atoms with Gasteiger partial charge in [0.15, 0.2) is 0 Å². The first kappa shape index (κ1) is 17.7. The van der Waals surface area contributed by atoms with E-state index in [1.165, 1.54) is 11.1 Å². The van der Waals surface area contributed by atoms with Gasteiger partial charge in [-0.2, -0.15) is 0 Å². The fraction of sp³-hybridized carbons (Fsp3) is 0.174. The minimum absolute atomic E-state index is 0.00953. The van der Waals surface area contributed by atoms with Gasteiger partial charge in [-0.3, -0.25) is 4.79 Å². The average molecular weight is 345 g/mol. The normalized spacial score (nSPS) is 10.3. The first-order valence-electron chi connectivity index (χ1n) is 8.90. The predicted molar refractivity (Wildman–Crippen MR) is 105 cm³/mol. The number of carbonyl (C=O) groups excluding carboxylic acids is 1. The van der Waals surface area contributed by atoms with Crippen molar-refractivity contribution < 1.29 is 9.53 Å². The second-order valence-corrected chi connectivity index (χ2v) is 6.15. The van der Waals surface area contributed by atoms with E-state index in [1.54, 1.807) is 0 Å². The Hall–Kier alpha value is -3.07. The molecule has 0 atom stereocenters. The molecule has 3 heteroatoms. The first-order valence-corrected chi connectivity index (χ1v) is 8.90. The van der Waals surface area contributed by atoms with Gasteiger partial charge in [0.05, 0.1) is 6.61 Å². The van der Waals surface area contributed by atoms with Crippen LogP contribution in [-0.2, 0) is 17.6 Å². The van der Waals surface area contributed by atoms with Gasteiger partial charge < -0.3 is 10.1 Å². The summed E-state index contributed by atoms with van der Waals surface area (Å²) in [5.74, 6) is 0.775. The van der Waals surface area contributed by atoms with Crippen molar-refractivity contribution in [2.24, 2.45) is 0 Å². The van der Waals surface area contributed by atoms with Crippen molar-refractivity contribution in [1.82, 2.24) is 0 Å². The number of nitrogens with one attached hydrogen (secondary N) is 1. The van der Waals surface area contributed by atoms with Crippen LogP contribution in [-0.4, -0.2) is 12.5 Å². The van der Waals surface area contributed by atoms with Gasteiger partial charge in [-0.25, -0.2) is 0 Å². The molecule has 1 N–H and O–H groups in total. The highest BCUT2D eigenvalue weighted by Gasteiger charge is 2.04. The summed E-state index contributed by atoms with van der Waals surface area (Å²) < 4.78 is 5.81. The molecule has 3 nitrogen and oxygen atoms in total. The van der Waals surface area contributed by atoms with Crippen molar-refractivity contribution in [3.05, 3.63) is 96.1 Å². The minimum Gasteiger partial charge on any atom is -0.493 e. The number of hydrogen-bond donors (Lipinski definition) is 1. The fourth-order valence-electron chi connectivity index (χ4n) is 2.72. The summed E-state index contributed by atoms with van der Waals surface area (Å²) in [4.78, 5) is 12.1. The Kier molecular flexibility index (Phi) is 6.43. The number of carbonyl (C=O) groups is 1. The van der Waals surface area contributed by atoms with Gasteiger partial charge >= 0.3 is 0 Å². The van der Waals surface area contributed by atoms with Gasteiger partial charge in [-0.05, 0) is 29.7 Å². The van der Waals surface area contributed by atoms with E-state index >= 15 is 0 Å². The van der Waals surface area contributed by atoms with E-state index in [0.717, 1.165) is 24.3 Å². The molecular weight excluding hydrogens is 322 g/mol. The van der Waals surface area contributed by atoms with Crippen LogP contribution >= 0.6 is 0 Å². The van der Waals surface area contributed by atoms with Crippen LogP contribution in [0.2, 0.25) is 0 Å². The summed E-state index contributed by atoms with van der Waals surface area (Å²) in [6, 6.07) is 27.8. The van der Waals surface area contributed by atoms with Crippen molar-refractivity contribution in [1.29, 1.82) is 0 Å². The standard InChI is InChI=1S/C23H23NO2/c25-23(15-14-19-8-3-1-4-9-19)24-21-12-7-13-22(18-21)26-17-16-20-10-5-2-6-11-20/h1-13,18H,14-17H2,(H,24,25). The van der Waals surface area contributed by atoms with Crippen molar-refractivity contribution in [2.75, 3.05) is 11.9 Å². The monoisotopic (exact) mass is 345 g/mol. The zero-order valence-electron chi connectivity index (χ0n) is 14.7. The van der Waals surface area contributed by atoms with E-state index < -0.39 is 0 Å². The minimum atomic E-state index is 0.00953. The maximum atomic E-state index is 12.1. The highest BCUT2D eigenvalue weighted by Crippen LogP contribution is 2.18. The molecule has 0 saturated carbocycles. The molecular formula is C23H23NO2. The van der Waals surface area contributed by atoms with E-state index in [9.17, 15) is 4.79 Å². The van der Waals surface area contributed by atoms with Gasteiger partial charge in [0.2, 0.25) is 5.91 Å². The zero-order chi connectivity index (χ0) is 18.0. The Morgan fingerprint density at radius 2 is 1.42 bits per heavy atom. The Balaban J connectivity index is 1.46. The number of anilines is 1. The average Bonchev–Trinajstić information content (AvgIpc) is 2.68. The maximum absolute atomic E-state index is 12.1. The lowest BCUT2D eigenvalue weighted by Crippen LogP contribution is -2.12. The molecule has 26 heavy (non-hydrogen) atoms. The first-order chi connectivity index (χ1) is 12.8. The molecule has 3 rings (SSSR count). The van der Waals surface area contributed by atoms with Crippen LogP contribution in [0.3, 0.4) is 0 Å². The zero-order valence-corrected chi connectivity index (χ0v) is 14.7. The summed E-state index contributed by atoms with van der Waals surface area (Å²) in [6.45, 7) is 0.607. The quantitative estimate of drug-likeness (QED) is 0.632. The maximum Gasteiger partial charge on any atom is 0.224 e. The summed E-state index contributed by atoms with van der Waals surface area (Å²) >= 11 is 0. The van der Waals surface area contributed by atoms with Crippen LogP contribution in [0.1, 0.15) is 17.5 Å². The molecule has 0 saturated heterocycles. The van der Waals surface area contributed by atoms with Gasteiger partial charge in [0, 0.05) is 24.6 Å². The number of rotatable bonds is 8. The van der Waals surface area contributed by atoms with Gasteiger partial charge in [-0.1, -0.05) is 66.7 Å². The van der Waals surface area contributed by atoms with Crippen LogP contribution in [0.15, 0.2) is 84.9 Å². The van der Waals surface area contributed by atoms with E-state index in [1.807, 2.05) is 72.8 Å². The lowest BCUT2D eigenvalue weighted by molar-refractivity contribution is -0.116. The number of ether oxygens (including phenoxy) is 1. The van der Waals surface area contributed by atoms with Gasteiger partial charge in [0.1, 0.15) is 5.75 Å². The molecule has 132 valence electrons. The third-order valence-corrected chi connectivity index (χ3v) is 4.10. The Morgan fingerprint density at radius 3 is 2.12 bits per heavy atom. The van der Waals surface area contributed by atoms with Gasteiger partial charge in [-0.15, -0.1) is 0 Å². The smallest absolute Gasteiger partial charge is 0.224 e. The largest absolute Gasteiger partial charge is 0.493 e. The lowest BCUT2D eigenvalue weighted by atomic mass is 10.1. The summed E-state index contributed by atoms with van der Waals surface area (Å²) in [7, 11) is 0. The molecule has 0 heterocycles. The predicted octanol–water partition coefficient (Wildman–Crippen LogP) is 4.88. The third kappa shape index (κ3) is 5.78. The Morgan fingerprint density at radius 1 is 0.769 bits per heavy atom. The molecule has 0 bridgehead atoms. The molecule has 1 amide bonds. The number of benzene rings is 3. The molecule has 0 aliphatic heterocycles. The van der Waals surface area contributed by atoms with Crippen molar-refractivity contribution >= 4 is 11.6 Å². The van der Waals surface area contributed by atoms with Crippen molar-refractivity contribution in [3.63, 3.8) is 0 Å². The number of hydrogen-bond acceptors (Lipinski definition) is 2. The number of aryl methyl sites for hydroxylation is 1. The van der Waals surface area contributed by atoms with Crippen LogP contribution in [0, 0.1) is 0 Å². The third-order valence-electron chi connectivity index (χ3n) is 4.10. The highest BCUT2D eigenvalue weighted by molar-refractivity contribution is 5.91. The van der Waals surface area contributed by atoms with E-state index in [-0.39, 0.29) is 5.91 Å². The van der Waals surface area contributed by atoms with Gasteiger partial charge in [0.25, 0.3) is 0 Å². The van der Waals surface area contributed by atoms with Crippen LogP contribution in [0.5, 0.6) is 5.75 Å². The molecule has 0 spiro atoms. The molecule has 3 aromatic carbocycles. The topological polar surface area (TPSA) is 38.3 Å². The molecule has 0 aromatic heterocycles. The van der Waals surface area contributed by atoms with E-state index in [4.69, 9.17) is 4.74 Å². The second-order valence-electron chi connectivity index (χ2n) is 6.15. The molecule has 0 aliphatic carbocycles. The van der Waals surface area contributed by atoms with Crippen LogP contribution in [0.25, 0.3) is 0 Å². The molecule has 3 aromatic rings.